The van der Waals surface area contributed by atoms with Crippen molar-refractivity contribution in [1.82, 2.24) is 4.90 Å². The number of fused-ring (bicyclic) bond motifs is 3. The van der Waals surface area contributed by atoms with Gasteiger partial charge in [-0.1, -0.05) is 30.4 Å². The second kappa shape index (κ2) is 6.60. The number of hydrogen-bond donors (Lipinski definition) is 0. The Balaban J connectivity index is 1.60. The van der Waals surface area contributed by atoms with Crippen LogP contribution in [-0.4, -0.2) is 13.3 Å². The molecule has 0 saturated carbocycles. The lowest BCUT2D eigenvalue weighted by atomic mass is 9.92. The van der Waals surface area contributed by atoms with E-state index >= 15 is 0 Å². The molecule has 0 aromatic heterocycles. The molecular weight excluding hydrogens is 389 g/mol. The smallest absolute Gasteiger partial charge is 0.339 e. The molecule has 2 aromatic carbocycles. The van der Waals surface area contributed by atoms with Gasteiger partial charge in [0.25, 0.3) is 0 Å². The molecule has 29 heavy (non-hydrogen) atoms. The van der Waals surface area contributed by atoms with E-state index in [1.54, 1.807) is 12.1 Å². The SMILES string of the molecule is O=S(=O)(Oc1cccc2c1=CN1C=CC3=CC=CCC3=C1C=2)c1ccc(F)cc1. The van der Waals surface area contributed by atoms with Crippen molar-refractivity contribution in [2.24, 2.45) is 0 Å². The van der Waals surface area contributed by atoms with Crippen LogP contribution in [-0.2, 0) is 10.1 Å². The van der Waals surface area contributed by atoms with Gasteiger partial charge in [0.2, 0.25) is 0 Å². The zero-order valence-corrected chi connectivity index (χ0v) is 16.1. The van der Waals surface area contributed by atoms with Gasteiger partial charge < -0.3 is 9.08 Å². The van der Waals surface area contributed by atoms with E-state index in [-0.39, 0.29) is 10.6 Å². The first kappa shape index (κ1) is 17.7. The highest BCUT2D eigenvalue weighted by atomic mass is 32.2. The van der Waals surface area contributed by atoms with Crippen LogP contribution in [0.4, 0.5) is 4.39 Å². The zero-order chi connectivity index (χ0) is 20.0. The number of allylic oxidation sites excluding steroid dienone is 7. The quantitative estimate of drug-likeness (QED) is 0.737. The van der Waals surface area contributed by atoms with E-state index in [0.717, 1.165) is 29.5 Å². The van der Waals surface area contributed by atoms with Crippen molar-refractivity contribution in [2.75, 3.05) is 0 Å². The number of halogens is 1. The monoisotopic (exact) mass is 405 g/mol. The van der Waals surface area contributed by atoms with Gasteiger partial charge in [-0.25, -0.2) is 4.39 Å². The van der Waals surface area contributed by atoms with Crippen LogP contribution in [0.5, 0.6) is 5.75 Å². The second-order valence-electron chi connectivity index (χ2n) is 6.86. The van der Waals surface area contributed by atoms with Gasteiger partial charge in [-0.15, -0.1) is 0 Å². The molecule has 144 valence electrons. The first-order chi connectivity index (χ1) is 14.0. The van der Waals surface area contributed by atoms with Crippen LogP contribution in [0.3, 0.4) is 0 Å². The van der Waals surface area contributed by atoms with E-state index in [0.29, 0.717) is 5.22 Å². The molecule has 5 rings (SSSR count). The molecule has 0 fully saturated rings. The zero-order valence-electron chi connectivity index (χ0n) is 15.2. The van der Waals surface area contributed by atoms with Crippen LogP contribution >= 0.6 is 0 Å². The predicted octanol–water partition coefficient (Wildman–Crippen LogP) is 3.10. The van der Waals surface area contributed by atoms with Gasteiger partial charge in [0, 0.05) is 23.3 Å². The Kier molecular flexibility index (Phi) is 4.03. The van der Waals surface area contributed by atoms with E-state index in [9.17, 15) is 12.8 Å². The lowest BCUT2D eigenvalue weighted by Crippen LogP contribution is -2.35. The van der Waals surface area contributed by atoms with Gasteiger partial charge in [0.1, 0.15) is 10.7 Å². The first-order valence-electron chi connectivity index (χ1n) is 9.11. The van der Waals surface area contributed by atoms with Crippen LogP contribution in [0, 0.1) is 5.82 Å². The highest BCUT2D eigenvalue weighted by Crippen LogP contribution is 2.32. The van der Waals surface area contributed by atoms with Crippen molar-refractivity contribution in [2.45, 2.75) is 11.3 Å². The Morgan fingerprint density at radius 3 is 2.72 bits per heavy atom. The summed E-state index contributed by atoms with van der Waals surface area (Å²) in [5.74, 6) is -0.280. The van der Waals surface area contributed by atoms with Crippen molar-refractivity contribution in [1.29, 1.82) is 0 Å². The average Bonchev–Trinajstić information content (AvgIpc) is 2.73. The molecule has 0 radical (unpaired) electrons. The molecule has 6 heteroatoms. The van der Waals surface area contributed by atoms with E-state index in [1.165, 1.54) is 23.3 Å². The fourth-order valence-electron chi connectivity index (χ4n) is 3.61. The van der Waals surface area contributed by atoms with Gasteiger partial charge in [-0.3, -0.25) is 0 Å². The summed E-state index contributed by atoms with van der Waals surface area (Å²) in [6, 6.07) is 9.87. The molecule has 0 saturated heterocycles. The summed E-state index contributed by atoms with van der Waals surface area (Å²) >= 11 is 0. The highest BCUT2D eigenvalue weighted by Gasteiger charge is 2.22. The Bertz CT molecular complexity index is 1360. The van der Waals surface area contributed by atoms with Gasteiger partial charge in [-0.05, 0) is 65.3 Å². The Labute approximate surface area is 167 Å². The number of nitrogens with zero attached hydrogens (tertiary/aromatic N) is 1. The first-order valence-corrected chi connectivity index (χ1v) is 10.5. The maximum absolute atomic E-state index is 13.1. The summed E-state index contributed by atoms with van der Waals surface area (Å²) in [5.41, 5.74) is 3.47. The Hall–Kier alpha value is -3.38. The molecule has 2 aromatic rings. The van der Waals surface area contributed by atoms with Crippen molar-refractivity contribution in [3.63, 3.8) is 0 Å². The Morgan fingerprint density at radius 1 is 1.07 bits per heavy atom. The van der Waals surface area contributed by atoms with E-state index < -0.39 is 15.9 Å². The second-order valence-corrected chi connectivity index (χ2v) is 8.41. The minimum atomic E-state index is -4.08. The molecule has 2 heterocycles. The van der Waals surface area contributed by atoms with Gasteiger partial charge in [-0.2, -0.15) is 8.42 Å². The third kappa shape index (κ3) is 3.11. The van der Waals surface area contributed by atoms with Gasteiger partial charge >= 0.3 is 10.1 Å². The van der Waals surface area contributed by atoms with E-state index in [4.69, 9.17) is 4.18 Å². The van der Waals surface area contributed by atoms with Crippen LogP contribution in [0.15, 0.2) is 94.7 Å². The third-order valence-electron chi connectivity index (χ3n) is 5.05. The van der Waals surface area contributed by atoms with Gasteiger partial charge in [0.15, 0.2) is 5.75 Å². The van der Waals surface area contributed by atoms with E-state index in [1.807, 2.05) is 41.6 Å². The maximum Gasteiger partial charge on any atom is 0.339 e. The molecule has 0 N–H and O–H groups in total. The summed E-state index contributed by atoms with van der Waals surface area (Å²) in [7, 11) is -4.08. The highest BCUT2D eigenvalue weighted by molar-refractivity contribution is 7.87. The standard InChI is InChI=1S/C23H16FNO3S/c24-18-8-10-19(11-9-18)29(26,27)28-23-7-3-5-17-14-22-20-6-2-1-4-16(20)12-13-25(22)15-21(17)23/h1-5,7-15H,6H2. The summed E-state index contributed by atoms with van der Waals surface area (Å²) < 4.78 is 43.9. The Morgan fingerprint density at radius 2 is 1.90 bits per heavy atom. The summed E-state index contributed by atoms with van der Waals surface area (Å²) in [6.07, 6.45) is 15.0. The lowest BCUT2D eigenvalue weighted by molar-refractivity contribution is 0.483. The minimum absolute atomic E-state index is 0.0965. The number of rotatable bonds is 3. The van der Waals surface area contributed by atoms with Crippen molar-refractivity contribution < 1.29 is 17.0 Å². The molecule has 4 nitrogen and oxygen atoms in total. The van der Waals surface area contributed by atoms with Crippen LogP contribution in [0.1, 0.15) is 6.42 Å². The molecule has 1 aliphatic carbocycles. The molecule has 0 amide bonds. The number of hydrogen-bond acceptors (Lipinski definition) is 4. The van der Waals surface area contributed by atoms with E-state index in [2.05, 4.69) is 12.2 Å². The summed E-state index contributed by atoms with van der Waals surface area (Å²) in [4.78, 5) is 1.88. The fourth-order valence-corrected chi connectivity index (χ4v) is 4.55. The summed E-state index contributed by atoms with van der Waals surface area (Å²) in [5, 5.41) is 1.55. The lowest BCUT2D eigenvalue weighted by Gasteiger charge is -2.29. The van der Waals surface area contributed by atoms with Crippen molar-refractivity contribution >= 4 is 22.4 Å². The third-order valence-corrected chi connectivity index (χ3v) is 6.29. The molecule has 0 atom stereocenters. The molecule has 0 spiro atoms. The van der Waals surface area contributed by atoms with Crippen molar-refractivity contribution in [3.05, 3.63) is 106 Å². The topological polar surface area (TPSA) is 46.6 Å². The molecular formula is C23H16FNO3S. The molecule has 2 aliphatic heterocycles. The number of benzene rings is 2. The van der Waals surface area contributed by atoms with Crippen LogP contribution in [0.25, 0.3) is 12.3 Å². The van der Waals surface area contributed by atoms with Crippen molar-refractivity contribution in [3.8, 4) is 5.75 Å². The molecule has 0 bridgehead atoms. The van der Waals surface area contributed by atoms with Gasteiger partial charge in [0.05, 0.1) is 0 Å². The fraction of sp³-hybridized carbons (Fsp3) is 0.0435. The normalized spacial score (nSPS) is 16.9. The molecule has 3 aliphatic rings. The average molecular weight is 405 g/mol. The predicted molar refractivity (Wildman–Crippen MR) is 109 cm³/mol. The largest absolute Gasteiger partial charge is 0.378 e. The minimum Gasteiger partial charge on any atom is -0.378 e. The van der Waals surface area contributed by atoms with Crippen LogP contribution in [0.2, 0.25) is 0 Å². The summed E-state index contributed by atoms with van der Waals surface area (Å²) in [6.45, 7) is 0. The molecule has 0 unspecified atom stereocenters. The van der Waals surface area contributed by atoms with Crippen LogP contribution < -0.4 is 14.6 Å². The maximum atomic E-state index is 13.1.